The zero-order valence-electron chi connectivity index (χ0n) is 12.4. The number of halogens is 2. The molecule has 2 atom stereocenters. The first-order chi connectivity index (χ1) is 10.1. The predicted molar refractivity (Wildman–Crippen MR) is 79.6 cm³/mol. The molecule has 0 heterocycles. The average Bonchev–Trinajstić information content (AvgIpc) is 2.47. The van der Waals surface area contributed by atoms with E-state index in [9.17, 15) is 13.9 Å². The molecule has 0 saturated heterocycles. The number of hydrogen-bond donors (Lipinski definition) is 1. The van der Waals surface area contributed by atoms with Crippen LogP contribution in [0.1, 0.15) is 62.0 Å². The second-order valence-corrected chi connectivity index (χ2v) is 6.78. The first-order valence-corrected chi connectivity index (χ1v) is 8.19. The predicted octanol–water partition coefficient (Wildman–Crippen LogP) is 4.68. The van der Waals surface area contributed by atoms with E-state index < -0.39 is 12.0 Å². The van der Waals surface area contributed by atoms with Gasteiger partial charge in [-0.05, 0) is 61.5 Å². The maximum absolute atomic E-state index is 13.2. The summed E-state index contributed by atoms with van der Waals surface area (Å²) in [6.45, 7) is 0. The Kier molecular flexibility index (Phi) is 4.30. The van der Waals surface area contributed by atoms with Crippen LogP contribution in [0.3, 0.4) is 0 Å². The van der Waals surface area contributed by atoms with E-state index in [2.05, 4.69) is 24.3 Å². The van der Waals surface area contributed by atoms with Crippen molar-refractivity contribution < 1.29 is 13.9 Å². The Morgan fingerprint density at radius 3 is 2.62 bits per heavy atom. The highest BCUT2D eigenvalue weighted by Gasteiger charge is 2.38. The van der Waals surface area contributed by atoms with Gasteiger partial charge in [0.2, 0.25) is 5.92 Å². The number of rotatable bonds is 3. The van der Waals surface area contributed by atoms with Gasteiger partial charge < -0.3 is 5.11 Å². The molecule has 2 aliphatic rings. The monoisotopic (exact) mass is 294 g/mol. The van der Waals surface area contributed by atoms with Gasteiger partial charge in [-0.3, -0.25) is 0 Å². The summed E-state index contributed by atoms with van der Waals surface area (Å²) in [6.07, 6.45) is 4.49. The number of aryl methyl sites for hydroxylation is 1. The Morgan fingerprint density at radius 1 is 1.14 bits per heavy atom. The van der Waals surface area contributed by atoms with Gasteiger partial charge in [0.15, 0.2) is 0 Å². The van der Waals surface area contributed by atoms with Crippen molar-refractivity contribution in [2.45, 2.75) is 69.3 Å². The van der Waals surface area contributed by atoms with Crippen molar-refractivity contribution in [3.63, 3.8) is 0 Å². The van der Waals surface area contributed by atoms with E-state index in [0.29, 0.717) is 18.8 Å². The third-order valence-electron chi connectivity index (χ3n) is 5.33. The van der Waals surface area contributed by atoms with E-state index in [1.165, 1.54) is 11.1 Å². The van der Waals surface area contributed by atoms with E-state index >= 15 is 0 Å². The summed E-state index contributed by atoms with van der Waals surface area (Å²) >= 11 is 0. The fraction of sp³-hybridized carbons (Fsp3) is 0.667. The molecule has 2 unspecified atom stereocenters. The highest BCUT2D eigenvalue weighted by molar-refractivity contribution is 5.32. The van der Waals surface area contributed by atoms with Gasteiger partial charge in [-0.1, -0.05) is 24.3 Å². The van der Waals surface area contributed by atoms with Gasteiger partial charge in [0, 0.05) is 12.8 Å². The van der Waals surface area contributed by atoms with Crippen molar-refractivity contribution in [3.05, 3.63) is 35.4 Å². The second-order valence-electron chi connectivity index (χ2n) is 6.78. The van der Waals surface area contributed by atoms with Crippen LogP contribution < -0.4 is 0 Å². The molecule has 0 aliphatic heterocycles. The molecule has 1 nitrogen and oxygen atoms in total. The molecule has 3 rings (SSSR count). The molecule has 3 heteroatoms. The first kappa shape index (κ1) is 15.0. The van der Waals surface area contributed by atoms with E-state index in [-0.39, 0.29) is 18.8 Å². The third kappa shape index (κ3) is 3.45. The van der Waals surface area contributed by atoms with Crippen molar-refractivity contribution in [1.82, 2.24) is 0 Å². The summed E-state index contributed by atoms with van der Waals surface area (Å²) in [5.74, 6) is -2.06. The van der Waals surface area contributed by atoms with Crippen LogP contribution in [0.25, 0.3) is 0 Å². The summed E-state index contributed by atoms with van der Waals surface area (Å²) in [7, 11) is 0. The highest BCUT2D eigenvalue weighted by atomic mass is 19.3. The SMILES string of the molecule is OC(CC1CCCc2ccccc21)C1CCC(F)(F)CC1. The van der Waals surface area contributed by atoms with Crippen LogP contribution in [-0.4, -0.2) is 17.1 Å². The number of fused-ring (bicyclic) bond motifs is 1. The Balaban J connectivity index is 1.62. The molecule has 1 N–H and O–H groups in total. The van der Waals surface area contributed by atoms with Crippen LogP contribution in [0.2, 0.25) is 0 Å². The molecule has 0 amide bonds. The minimum Gasteiger partial charge on any atom is -0.393 e. The smallest absolute Gasteiger partial charge is 0.248 e. The molecule has 0 bridgehead atoms. The van der Waals surface area contributed by atoms with E-state index in [0.717, 1.165) is 25.7 Å². The number of aliphatic hydroxyl groups excluding tert-OH is 1. The molecule has 0 spiro atoms. The van der Waals surface area contributed by atoms with Gasteiger partial charge in [0.25, 0.3) is 0 Å². The molecule has 2 aliphatic carbocycles. The summed E-state index contributed by atoms with van der Waals surface area (Å²) in [4.78, 5) is 0. The maximum Gasteiger partial charge on any atom is 0.248 e. The zero-order chi connectivity index (χ0) is 14.9. The normalized spacial score (nSPS) is 27.1. The number of aliphatic hydroxyl groups is 1. The molecule has 0 aromatic heterocycles. The van der Waals surface area contributed by atoms with Crippen LogP contribution in [0.15, 0.2) is 24.3 Å². The molecule has 116 valence electrons. The van der Waals surface area contributed by atoms with Crippen molar-refractivity contribution in [2.75, 3.05) is 0 Å². The third-order valence-corrected chi connectivity index (χ3v) is 5.33. The molecule has 1 fully saturated rings. The molecule has 21 heavy (non-hydrogen) atoms. The van der Waals surface area contributed by atoms with Crippen molar-refractivity contribution in [3.8, 4) is 0 Å². The summed E-state index contributed by atoms with van der Waals surface area (Å²) < 4.78 is 26.4. The first-order valence-electron chi connectivity index (χ1n) is 8.19. The topological polar surface area (TPSA) is 20.2 Å². The number of benzene rings is 1. The van der Waals surface area contributed by atoms with Gasteiger partial charge in [-0.15, -0.1) is 0 Å². The Hall–Kier alpha value is -0.960. The van der Waals surface area contributed by atoms with Crippen molar-refractivity contribution >= 4 is 0 Å². The fourth-order valence-corrected chi connectivity index (χ4v) is 4.03. The molecule has 1 saturated carbocycles. The van der Waals surface area contributed by atoms with Gasteiger partial charge in [-0.2, -0.15) is 0 Å². The Labute approximate surface area is 125 Å². The fourth-order valence-electron chi connectivity index (χ4n) is 4.03. The Bertz CT molecular complexity index is 476. The van der Waals surface area contributed by atoms with Crippen molar-refractivity contribution in [1.29, 1.82) is 0 Å². The lowest BCUT2D eigenvalue weighted by atomic mass is 9.75. The van der Waals surface area contributed by atoms with E-state index in [4.69, 9.17) is 0 Å². The quantitative estimate of drug-likeness (QED) is 0.858. The van der Waals surface area contributed by atoms with Crippen molar-refractivity contribution in [2.24, 2.45) is 5.92 Å². The summed E-state index contributed by atoms with van der Waals surface area (Å²) in [5, 5.41) is 10.5. The summed E-state index contributed by atoms with van der Waals surface area (Å²) in [6, 6.07) is 8.47. The lowest BCUT2D eigenvalue weighted by Gasteiger charge is -2.34. The van der Waals surface area contributed by atoms with Crippen LogP contribution >= 0.6 is 0 Å². The average molecular weight is 294 g/mol. The van der Waals surface area contributed by atoms with Gasteiger partial charge in [0.05, 0.1) is 6.10 Å². The van der Waals surface area contributed by atoms with Gasteiger partial charge in [0.1, 0.15) is 0 Å². The van der Waals surface area contributed by atoms with Crippen LogP contribution in [-0.2, 0) is 6.42 Å². The highest BCUT2D eigenvalue weighted by Crippen LogP contribution is 2.41. The standard InChI is InChI=1S/C18H24F2O/c19-18(20)10-8-14(9-11-18)17(21)12-15-6-3-5-13-4-1-2-7-16(13)15/h1-2,4,7,14-15,17,21H,3,5-6,8-12H2. The van der Waals surface area contributed by atoms with E-state index in [1.54, 1.807) is 0 Å². The van der Waals surface area contributed by atoms with Gasteiger partial charge in [-0.25, -0.2) is 8.78 Å². The van der Waals surface area contributed by atoms with Gasteiger partial charge >= 0.3 is 0 Å². The second kappa shape index (κ2) is 6.04. The lowest BCUT2D eigenvalue weighted by molar-refractivity contribution is -0.0638. The van der Waals surface area contributed by atoms with Crippen LogP contribution in [0.4, 0.5) is 8.78 Å². The molecule has 1 aromatic carbocycles. The molecular formula is C18H24F2O. The van der Waals surface area contributed by atoms with Crippen LogP contribution in [0, 0.1) is 5.92 Å². The minimum absolute atomic E-state index is 0.0544. The Morgan fingerprint density at radius 2 is 1.86 bits per heavy atom. The minimum atomic E-state index is -2.51. The largest absolute Gasteiger partial charge is 0.393 e. The molecular weight excluding hydrogens is 270 g/mol. The molecule has 0 radical (unpaired) electrons. The lowest BCUT2D eigenvalue weighted by Crippen LogP contribution is -2.32. The molecule has 1 aromatic rings. The number of alkyl halides is 2. The maximum atomic E-state index is 13.2. The number of hydrogen-bond acceptors (Lipinski definition) is 1. The van der Waals surface area contributed by atoms with Crippen LogP contribution in [0.5, 0.6) is 0 Å². The zero-order valence-corrected chi connectivity index (χ0v) is 12.4. The van der Waals surface area contributed by atoms with E-state index in [1.807, 2.05) is 0 Å². The summed E-state index contributed by atoms with van der Waals surface area (Å²) in [5.41, 5.74) is 2.76.